The van der Waals surface area contributed by atoms with Gasteiger partial charge >= 0.3 is 5.97 Å². The molecule has 0 amide bonds. The topological polar surface area (TPSA) is 137 Å². The van der Waals surface area contributed by atoms with Crippen LogP contribution in [-0.2, 0) is 4.74 Å². The second kappa shape index (κ2) is 7.38. The predicted molar refractivity (Wildman–Crippen MR) is 104 cm³/mol. The number of methoxy groups -OCH3 is 1. The summed E-state index contributed by atoms with van der Waals surface area (Å²) in [6, 6.07) is 6.58. The van der Waals surface area contributed by atoms with Crippen LogP contribution >= 0.6 is 0 Å². The zero-order valence-electron chi connectivity index (χ0n) is 15.4. The van der Waals surface area contributed by atoms with E-state index in [4.69, 9.17) is 9.26 Å². The van der Waals surface area contributed by atoms with Crippen LogP contribution in [0.3, 0.4) is 0 Å². The van der Waals surface area contributed by atoms with Crippen LogP contribution in [0.15, 0.2) is 52.2 Å². The minimum Gasteiger partial charge on any atom is -0.463 e. The highest BCUT2D eigenvalue weighted by molar-refractivity contribution is 6.03. The first kappa shape index (κ1) is 18.1. The largest absolute Gasteiger partial charge is 0.463 e. The highest BCUT2D eigenvalue weighted by atomic mass is 16.5. The van der Waals surface area contributed by atoms with Crippen molar-refractivity contribution >= 4 is 34.2 Å². The Morgan fingerprint density at radius 1 is 1.17 bits per heavy atom. The van der Waals surface area contributed by atoms with Gasteiger partial charge in [0.25, 0.3) is 11.3 Å². The molecule has 29 heavy (non-hydrogen) atoms. The van der Waals surface area contributed by atoms with E-state index in [9.17, 15) is 9.59 Å². The average molecular weight is 393 g/mol. The summed E-state index contributed by atoms with van der Waals surface area (Å²) in [6.45, 7) is 0. The fourth-order valence-corrected chi connectivity index (χ4v) is 2.71. The molecule has 0 atom stereocenters. The number of hydrogen-bond donors (Lipinski definition) is 2. The molecule has 11 heteroatoms. The lowest BCUT2D eigenvalue weighted by molar-refractivity contribution is 0.0557. The molecule has 0 unspecified atom stereocenters. The maximum absolute atomic E-state index is 12.8. The smallest absolute Gasteiger partial charge is 0.379 e. The SMILES string of the molecule is CNc1cc(Nc2cccn(-c3ncccn3)c2=O)nc2c(C(=O)OC)onc12. The molecule has 0 aliphatic carbocycles. The van der Waals surface area contributed by atoms with Gasteiger partial charge in [-0.1, -0.05) is 5.16 Å². The Morgan fingerprint density at radius 3 is 2.69 bits per heavy atom. The summed E-state index contributed by atoms with van der Waals surface area (Å²) < 4.78 is 11.1. The Bertz CT molecular complexity index is 1250. The fourth-order valence-electron chi connectivity index (χ4n) is 2.71. The van der Waals surface area contributed by atoms with Crippen LogP contribution in [0, 0.1) is 0 Å². The summed E-state index contributed by atoms with van der Waals surface area (Å²) in [5, 5.41) is 9.79. The first-order chi connectivity index (χ1) is 14.1. The van der Waals surface area contributed by atoms with E-state index >= 15 is 0 Å². The van der Waals surface area contributed by atoms with E-state index < -0.39 is 5.97 Å². The maximum Gasteiger partial charge on any atom is 0.379 e. The van der Waals surface area contributed by atoms with Crippen molar-refractivity contribution in [2.45, 2.75) is 0 Å². The van der Waals surface area contributed by atoms with Gasteiger partial charge < -0.3 is 19.9 Å². The lowest BCUT2D eigenvalue weighted by Crippen LogP contribution is -2.22. The molecule has 11 nitrogen and oxygen atoms in total. The standard InChI is InChI=1S/C18H15N7O4/c1-19-11-9-12(23-14-13(11)24-29-15(14)17(27)28-2)22-10-5-3-8-25(16(10)26)18-20-6-4-7-21-18/h3-9,19H,1-2H3,(H,22,23). The van der Waals surface area contributed by atoms with Gasteiger partial charge in [-0.3, -0.25) is 9.36 Å². The van der Waals surface area contributed by atoms with Gasteiger partial charge in [0.15, 0.2) is 5.52 Å². The molecule has 0 radical (unpaired) electrons. The van der Waals surface area contributed by atoms with Crippen LogP contribution in [0.5, 0.6) is 0 Å². The van der Waals surface area contributed by atoms with Crippen LogP contribution in [-0.4, -0.2) is 44.8 Å². The van der Waals surface area contributed by atoms with Crippen LogP contribution in [0.1, 0.15) is 10.6 Å². The van der Waals surface area contributed by atoms with E-state index in [2.05, 4.69) is 30.7 Å². The van der Waals surface area contributed by atoms with Crippen molar-refractivity contribution in [2.75, 3.05) is 24.8 Å². The summed E-state index contributed by atoms with van der Waals surface area (Å²) in [6.07, 6.45) is 4.65. The average Bonchev–Trinajstić information content (AvgIpc) is 3.18. The van der Waals surface area contributed by atoms with Crippen LogP contribution in [0.25, 0.3) is 17.0 Å². The number of hydrogen-bond acceptors (Lipinski definition) is 10. The molecule has 0 spiro atoms. The van der Waals surface area contributed by atoms with Gasteiger partial charge in [0.05, 0.1) is 12.8 Å². The van der Waals surface area contributed by atoms with Crippen molar-refractivity contribution in [1.29, 1.82) is 0 Å². The number of nitrogens with zero attached hydrogens (tertiary/aromatic N) is 5. The van der Waals surface area contributed by atoms with Crippen LogP contribution in [0.4, 0.5) is 17.2 Å². The summed E-state index contributed by atoms with van der Waals surface area (Å²) in [5.74, 6) is -0.292. The van der Waals surface area contributed by atoms with Gasteiger partial charge in [0.1, 0.15) is 17.0 Å². The first-order valence-electron chi connectivity index (χ1n) is 8.45. The number of aromatic nitrogens is 5. The van der Waals surface area contributed by atoms with Gasteiger partial charge in [-0.25, -0.2) is 19.7 Å². The minimum atomic E-state index is -0.706. The lowest BCUT2D eigenvalue weighted by atomic mass is 10.2. The number of nitrogens with one attached hydrogen (secondary N) is 2. The van der Waals surface area contributed by atoms with E-state index in [1.807, 2.05) is 0 Å². The number of fused-ring (bicyclic) bond motifs is 1. The van der Waals surface area contributed by atoms with E-state index in [1.165, 1.54) is 11.7 Å². The number of anilines is 3. The van der Waals surface area contributed by atoms with Gasteiger partial charge in [0.2, 0.25) is 5.95 Å². The molecular weight excluding hydrogens is 378 g/mol. The van der Waals surface area contributed by atoms with Crippen molar-refractivity contribution in [2.24, 2.45) is 0 Å². The number of pyridine rings is 2. The normalized spacial score (nSPS) is 10.7. The molecule has 0 saturated carbocycles. The third-order valence-electron chi connectivity index (χ3n) is 4.05. The maximum atomic E-state index is 12.8. The Balaban J connectivity index is 1.79. The molecule has 2 N–H and O–H groups in total. The fraction of sp³-hybridized carbons (Fsp3) is 0.111. The Kier molecular flexibility index (Phi) is 4.61. The number of carbonyl (C=O) groups excluding carboxylic acids is 1. The summed E-state index contributed by atoms with van der Waals surface area (Å²) in [7, 11) is 2.92. The molecule has 146 valence electrons. The number of esters is 1. The molecule has 4 heterocycles. The number of carbonyl (C=O) groups is 1. The molecule has 4 rings (SSSR count). The number of ether oxygens (including phenoxy) is 1. The monoisotopic (exact) mass is 393 g/mol. The molecule has 0 fully saturated rings. The van der Waals surface area contributed by atoms with Crippen molar-refractivity contribution in [3.05, 3.63) is 59.0 Å². The number of rotatable bonds is 5. The summed E-state index contributed by atoms with van der Waals surface area (Å²) >= 11 is 0. The quantitative estimate of drug-likeness (QED) is 0.482. The minimum absolute atomic E-state index is 0.134. The van der Waals surface area contributed by atoms with Crippen molar-refractivity contribution in [3.8, 4) is 5.95 Å². The zero-order valence-corrected chi connectivity index (χ0v) is 15.4. The van der Waals surface area contributed by atoms with Crippen LogP contribution in [0.2, 0.25) is 0 Å². The molecule has 4 aromatic rings. The predicted octanol–water partition coefficient (Wildman–Crippen LogP) is 1.74. The summed E-state index contributed by atoms with van der Waals surface area (Å²) in [4.78, 5) is 37.3. The van der Waals surface area contributed by atoms with Gasteiger partial charge in [0, 0.05) is 31.7 Å². The third kappa shape index (κ3) is 3.25. The Labute approximate surface area is 163 Å². The second-order valence-corrected chi connectivity index (χ2v) is 5.78. The molecular formula is C18H15N7O4. The highest BCUT2D eigenvalue weighted by Gasteiger charge is 2.22. The molecule has 4 aromatic heterocycles. The first-order valence-corrected chi connectivity index (χ1v) is 8.45. The second-order valence-electron chi connectivity index (χ2n) is 5.78. The summed E-state index contributed by atoms with van der Waals surface area (Å²) in [5.41, 5.74) is 0.990. The highest BCUT2D eigenvalue weighted by Crippen LogP contribution is 2.28. The zero-order chi connectivity index (χ0) is 20.4. The van der Waals surface area contributed by atoms with Crippen molar-refractivity contribution < 1.29 is 14.1 Å². The Morgan fingerprint density at radius 2 is 1.97 bits per heavy atom. The Hall–Kier alpha value is -4.28. The van der Waals surface area contributed by atoms with Crippen molar-refractivity contribution in [1.82, 2.24) is 24.7 Å². The molecule has 0 aliphatic heterocycles. The van der Waals surface area contributed by atoms with E-state index in [-0.39, 0.29) is 28.5 Å². The van der Waals surface area contributed by atoms with E-state index in [0.29, 0.717) is 17.0 Å². The van der Waals surface area contributed by atoms with Gasteiger partial charge in [-0.15, -0.1) is 0 Å². The molecule has 0 saturated heterocycles. The molecule has 0 bridgehead atoms. The molecule has 0 aliphatic rings. The molecule has 0 aromatic carbocycles. The van der Waals surface area contributed by atoms with Gasteiger partial charge in [-0.2, -0.15) is 0 Å². The lowest BCUT2D eigenvalue weighted by Gasteiger charge is -2.10. The van der Waals surface area contributed by atoms with E-state index in [0.717, 1.165) is 0 Å². The third-order valence-corrected chi connectivity index (χ3v) is 4.05. The van der Waals surface area contributed by atoms with Gasteiger partial charge in [-0.05, 0) is 18.2 Å². The van der Waals surface area contributed by atoms with E-state index in [1.54, 1.807) is 49.9 Å². The van der Waals surface area contributed by atoms with Crippen LogP contribution < -0.4 is 16.2 Å². The van der Waals surface area contributed by atoms with Crippen molar-refractivity contribution in [3.63, 3.8) is 0 Å².